The van der Waals surface area contributed by atoms with Crippen LogP contribution < -0.4 is 0 Å². The van der Waals surface area contributed by atoms with Crippen LogP contribution >= 0.6 is 0 Å². The lowest BCUT2D eigenvalue weighted by atomic mass is 10.0. The van der Waals surface area contributed by atoms with Gasteiger partial charge in [-0.15, -0.1) is 0 Å². The number of hydrogen-bond donors (Lipinski definition) is 1. The highest BCUT2D eigenvalue weighted by Gasteiger charge is 2.31. The molecule has 0 aromatic heterocycles. The maximum atomic E-state index is 12.8. The molecule has 0 saturated heterocycles. The van der Waals surface area contributed by atoms with E-state index in [1.54, 1.807) is 0 Å². The molecule has 0 amide bonds. The summed E-state index contributed by atoms with van der Waals surface area (Å²) in [5.74, 6) is -1.57. The van der Waals surface area contributed by atoms with Gasteiger partial charge in [0.15, 0.2) is 12.1 Å². The zero-order valence-electron chi connectivity index (χ0n) is 43.4. The molecule has 0 rings (SSSR count). The second kappa shape index (κ2) is 48.2. The predicted octanol–water partition coefficient (Wildman–Crippen LogP) is 15.9. The van der Waals surface area contributed by atoms with Gasteiger partial charge < -0.3 is 23.8 Å². The lowest BCUT2D eigenvalue weighted by Crippen LogP contribution is -2.50. The molecule has 0 aliphatic carbocycles. The Balaban J connectivity index is 4.28. The number of hydrogen-bond acceptors (Lipinski definition) is 6. The van der Waals surface area contributed by atoms with Gasteiger partial charge in [0, 0.05) is 19.3 Å². The number of carboxylic acids is 1. The zero-order chi connectivity index (χ0) is 48.4. The van der Waals surface area contributed by atoms with Gasteiger partial charge in [0.1, 0.15) is 6.61 Å². The van der Waals surface area contributed by atoms with Crippen LogP contribution in [-0.4, -0.2) is 80.6 Å². The Morgan fingerprint density at radius 3 is 1.23 bits per heavy atom. The minimum atomic E-state index is -0.886. The molecule has 0 bridgehead atoms. The topological polar surface area (TPSA) is 99.1 Å². The van der Waals surface area contributed by atoms with E-state index < -0.39 is 18.1 Å². The number of esters is 2. The molecule has 0 aliphatic rings. The van der Waals surface area contributed by atoms with Crippen LogP contribution in [0.5, 0.6) is 0 Å². The van der Waals surface area contributed by atoms with Gasteiger partial charge >= 0.3 is 17.9 Å². The third-order valence-electron chi connectivity index (χ3n) is 11.9. The van der Waals surface area contributed by atoms with E-state index in [0.29, 0.717) is 19.3 Å². The molecule has 0 aromatic carbocycles. The molecule has 66 heavy (non-hydrogen) atoms. The van der Waals surface area contributed by atoms with E-state index in [2.05, 4.69) is 74.6 Å². The fourth-order valence-electron chi connectivity index (χ4n) is 7.77. The first-order valence-corrected chi connectivity index (χ1v) is 27.0. The maximum absolute atomic E-state index is 12.8. The maximum Gasteiger partial charge on any atom is 0.362 e. The third kappa shape index (κ3) is 45.9. The number of carboxylic acid groups (broad SMARTS) is 1. The highest BCUT2D eigenvalue weighted by molar-refractivity contribution is 5.72. The molecule has 380 valence electrons. The number of ether oxygens (including phenoxy) is 3. The number of carbonyl (C=O) groups excluding carboxylic acids is 2. The van der Waals surface area contributed by atoms with Gasteiger partial charge in [-0.2, -0.15) is 0 Å². The Hall–Kier alpha value is -3.23. The number of allylic oxidation sites excluding steroid dienone is 12. The average molecular weight is 925 g/mol. The quantitative estimate of drug-likeness (QED) is 0.0281. The standard InChI is InChI=1S/C58H101NO7/c1-6-8-10-12-14-16-18-20-22-24-26-27-28-29-31-32-34-36-38-40-42-44-46-48-56(60)65-53-54(52-64-51-50-55(58(62)63)59(3,4)5)66-57(61)49-47-45-43-41-39-37-35-33-30-25-23-21-19-17-15-13-11-9-7-2/h9,11,15,17,21,23,30,33,37,39,43,45,54-55H,6-8,10,12-14,16,18-20,22,24-29,31-32,34-36,38,40-42,44,46-53H2,1-5H3/p+1/b11-9+,17-15+,23-21+,33-30+,39-37+,45-43+. The normalized spacial score (nSPS) is 13.4. The zero-order valence-corrected chi connectivity index (χ0v) is 43.4. The van der Waals surface area contributed by atoms with Crippen LogP contribution in [-0.2, 0) is 28.6 Å². The molecule has 0 heterocycles. The lowest BCUT2D eigenvalue weighted by molar-refractivity contribution is -0.887. The molecule has 0 saturated carbocycles. The summed E-state index contributed by atoms with van der Waals surface area (Å²) in [5.41, 5.74) is 0. The Morgan fingerprint density at radius 2 is 0.848 bits per heavy atom. The highest BCUT2D eigenvalue weighted by Crippen LogP contribution is 2.16. The van der Waals surface area contributed by atoms with Gasteiger partial charge in [-0.3, -0.25) is 9.59 Å². The smallest absolute Gasteiger partial charge is 0.362 e. The van der Waals surface area contributed by atoms with Gasteiger partial charge in [-0.25, -0.2) is 4.79 Å². The molecule has 8 heteroatoms. The molecule has 8 nitrogen and oxygen atoms in total. The number of quaternary nitrogens is 1. The second-order valence-corrected chi connectivity index (χ2v) is 19.1. The van der Waals surface area contributed by atoms with Crippen molar-refractivity contribution in [1.82, 2.24) is 0 Å². The van der Waals surface area contributed by atoms with Gasteiger partial charge in [0.05, 0.1) is 34.4 Å². The number of carbonyl (C=O) groups is 3. The van der Waals surface area contributed by atoms with Gasteiger partial charge in [-0.05, 0) is 51.4 Å². The Morgan fingerprint density at radius 1 is 0.470 bits per heavy atom. The van der Waals surface area contributed by atoms with E-state index in [-0.39, 0.29) is 42.7 Å². The Bertz CT molecular complexity index is 1310. The summed E-state index contributed by atoms with van der Waals surface area (Å²) in [7, 11) is 5.51. The summed E-state index contributed by atoms with van der Waals surface area (Å²) >= 11 is 0. The van der Waals surface area contributed by atoms with Crippen LogP contribution in [0, 0.1) is 0 Å². The van der Waals surface area contributed by atoms with Crippen molar-refractivity contribution in [3.8, 4) is 0 Å². The molecule has 0 fully saturated rings. The number of nitrogens with zero attached hydrogens (tertiary/aromatic N) is 1. The highest BCUT2D eigenvalue weighted by atomic mass is 16.6. The molecular weight excluding hydrogens is 823 g/mol. The summed E-state index contributed by atoms with van der Waals surface area (Å²) in [6.45, 7) is 4.57. The molecule has 0 radical (unpaired) electrons. The fourth-order valence-corrected chi connectivity index (χ4v) is 7.77. The third-order valence-corrected chi connectivity index (χ3v) is 11.9. The van der Waals surface area contributed by atoms with Crippen LogP contribution in [0.15, 0.2) is 72.9 Å². The number of aliphatic carboxylic acids is 1. The van der Waals surface area contributed by atoms with Crippen LogP contribution in [0.3, 0.4) is 0 Å². The SMILES string of the molecule is CC/C=C/C/C=C/C/C=C/C/C=C/C/C=C/C/C=C/CCC(=O)OC(COCCC(C(=O)O)[N+](C)(C)C)COC(=O)CCCCCCCCCCCCCCCCCCCCCCCCC. The average Bonchev–Trinajstić information content (AvgIpc) is 3.28. The summed E-state index contributed by atoms with van der Waals surface area (Å²) in [6, 6.07) is -0.631. The minimum Gasteiger partial charge on any atom is -0.477 e. The first kappa shape index (κ1) is 62.8. The van der Waals surface area contributed by atoms with Gasteiger partial charge in [-0.1, -0.05) is 228 Å². The van der Waals surface area contributed by atoms with Gasteiger partial charge in [0.25, 0.3) is 0 Å². The number of rotatable bonds is 48. The summed E-state index contributed by atoms with van der Waals surface area (Å²) in [6.07, 6.45) is 62.7. The Labute approximate surface area is 406 Å². The second-order valence-electron chi connectivity index (χ2n) is 19.1. The van der Waals surface area contributed by atoms with Crippen molar-refractivity contribution in [2.24, 2.45) is 0 Å². The van der Waals surface area contributed by atoms with Crippen LogP contribution in [0.1, 0.15) is 226 Å². The van der Waals surface area contributed by atoms with E-state index in [4.69, 9.17) is 14.2 Å². The van der Waals surface area contributed by atoms with Crippen molar-refractivity contribution in [1.29, 1.82) is 0 Å². The van der Waals surface area contributed by atoms with E-state index in [0.717, 1.165) is 57.8 Å². The molecule has 2 unspecified atom stereocenters. The first-order chi connectivity index (χ1) is 32.1. The van der Waals surface area contributed by atoms with Crippen molar-refractivity contribution >= 4 is 17.9 Å². The number of unbranched alkanes of at least 4 members (excludes halogenated alkanes) is 22. The summed E-state index contributed by atoms with van der Waals surface area (Å²) in [4.78, 5) is 37.2. The van der Waals surface area contributed by atoms with Crippen LogP contribution in [0.2, 0.25) is 0 Å². The van der Waals surface area contributed by atoms with E-state index >= 15 is 0 Å². The fraction of sp³-hybridized carbons (Fsp3) is 0.741. The van der Waals surface area contributed by atoms with Crippen LogP contribution in [0.25, 0.3) is 0 Å². The van der Waals surface area contributed by atoms with Crippen molar-refractivity contribution in [3.63, 3.8) is 0 Å². The molecule has 0 spiro atoms. The van der Waals surface area contributed by atoms with Crippen molar-refractivity contribution in [2.75, 3.05) is 41.0 Å². The number of likely N-dealkylation sites (N-methyl/N-ethyl adjacent to an activating group) is 1. The summed E-state index contributed by atoms with van der Waals surface area (Å²) < 4.78 is 17.3. The molecule has 0 aromatic rings. The van der Waals surface area contributed by atoms with Gasteiger partial charge in [0.2, 0.25) is 0 Å². The largest absolute Gasteiger partial charge is 0.477 e. The molecular formula is C58H102NO7+. The monoisotopic (exact) mass is 925 g/mol. The first-order valence-electron chi connectivity index (χ1n) is 27.0. The van der Waals surface area contributed by atoms with Crippen molar-refractivity contribution < 1.29 is 38.2 Å². The van der Waals surface area contributed by atoms with E-state index in [1.165, 1.54) is 128 Å². The van der Waals surface area contributed by atoms with Crippen molar-refractivity contribution in [2.45, 2.75) is 238 Å². The van der Waals surface area contributed by atoms with E-state index in [9.17, 15) is 19.5 Å². The van der Waals surface area contributed by atoms with Crippen LogP contribution in [0.4, 0.5) is 0 Å². The molecule has 2 atom stereocenters. The predicted molar refractivity (Wildman–Crippen MR) is 280 cm³/mol. The minimum absolute atomic E-state index is 0.0296. The molecule has 1 N–H and O–H groups in total. The van der Waals surface area contributed by atoms with Crippen molar-refractivity contribution in [3.05, 3.63) is 72.9 Å². The summed E-state index contributed by atoms with van der Waals surface area (Å²) in [5, 5.41) is 9.66. The van der Waals surface area contributed by atoms with E-state index in [1.807, 2.05) is 33.3 Å². The Kier molecular flexibility index (Phi) is 45.9. The lowest BCUT2D eigenvalue weighted by Gasteiger charge is -2.31. The molecule has 0 aliphatic heterocycles.